The van der Waals surface area contributed by atoms with E-state index in [1.807, 2.05) is 4.90 Å². The first-order valence-corrected chi connectivity index (χ1v) is 7.96. The number of alkyl halides is 3. The zero-order chi connectivity index (χ0) is 17.3. The van der Waals surface area contributed by atoms with Crippen LogP contribution in [0.3, 0.4) is 0 Å². The molecule has 2 aromatic heterocycles. The second-order valence-corrected chi connectivity index (χ2v) is 6.19. The zero-order valence-electron chi connectivity index (χ0n) is 12.3. The summed E-state index contributed by atoms with van der Waals surface area (Å²) < 4.78 is 43.3. The maximum atomic E-state index is 12.6. The molecule has 3 rings (SSSR count). The maximum Gasteiger partial charge on any atom is 0.417 e. The first-order valence-electron chi connectivity index (χ1n) is 7.17. The molecule has 1 amide bonds. The smallest absolute Gasteiger partial charge is 0.417 e. The molecule has 3 heterocycles. The van der Waals surface area contributed by atoms with Gasteiger partial charge in [-0.1, -0.05) is 0 Å². The number of nitrogens with one attached hydrogen (secondary N) is 1. The number of anilines is 1. The molecule has 1 saturated heterocycles. The number of hydrogen-bond donors (Lipinski definition) is 1. The van der Waals surface area contributed by atoms with Crippen LogP contribution >= 0.6 is 15.9 Å². The van der Waals surface area contributed by atoms with Crippen molar-refractivity contribution in [3.05, 3.63) is 46.5 Å². The van der Waals surface area contributed by atoms with Crippen LogP contribution in [0.4, 0.5) is 19.0 Å². The molecule has 0 radical (unpaired) electrons. The lowest BCUT2D eigenvalue weighted by Gasteiger charge is -2.18. The Bertz CT molecular complexity index is 730. The Hall–Kier alpha value is -2.03. The van der Waals surface area contributed by atoms with Crippen LogP contribution < -0.4 is 10.2 Å². The predicted molar refractivity (Wildman–Crippen MR) is 83.7 cm³/mol. The van der Waals surface area contributed by atoms with Gasteiger partial charge < -0.3 is 14.6 Å². The Kier molecular flexibility index (Phi) is 4.53. The Labute approximate surface area is 144 Å². The van der Waals surface area contributed by atoms with Crippen molar-refractivity contribution >= 4 is 27.7 Å². The number of amides is 1. The normalized spacial score (nSPS) is 18.0. The minimum absolute atomic E-state index is 0.120. The molecule has 1 aliphatic heterocycles. The Balaban J connectivity index is 1.60. The summed E-state index contributed by atoms with van der Waals surface area (Å²) >= 11 is 3.13. The standard InChI is InChI=1S/C15H13BrF3N3O2/c16-12-3-2-11(24-12)14(23)21-10-5-6-22(8-10)13-4-1-9(7-20-13)15(17,18)19/h1-4,7,10H,5-6,8H2,(H,21,23)/t10-/m0/s1. The fraction of sp³-hybridized carbons (Fsp3) is 0.333. The maximum absolute atomic E-state index is 12.6. The molecule has 9 heteroatoms. The number of carbonyl (C=O) groups excluding carboxylic acids is 1. The van der Waals surface area contributed by atoms with E-state index in [4.69, 9.17) is 4.42 Å². The van der Waals surface area contributed by atoms with Gasteiger partial charge in [0.25, 0.3) is 5.91 Å². The molecular weight excluding hydrogens is 391 g/mol. The SMILES string of the molecule is O=C(N[C@H]1CCN(c2ccc(C(F)(F)F)cn2)C1)c1ccc(Br)o1. The fourth-order valence-corrected chi connectivity index (χ4v) is 2.83. The van der Waals surface area contributed by atoms with Crippen molar-refractivity contribution in [1.82, 2.24) is 10.3 Å². The summed E-state index contributed by atoms with van der Waals surface area (Å²) in [6, 6.07) is 5.42. The van der Waals surface area contributed by atoms with Gasteiger partial charge in [0.05, 0.1) is 5.56 Å². The molecule has 1 N–H and O–H groups in total. The van der Waals surface area contributed by atoms with Crippen LogP contribution in [0.15, 0.2) is 39.5 Å². The summed E-state index contributed by atoms with van der Waals surface area (Å²) in [5.41, 5.74) is -0.779. The van der Waals surface area contributed by atoms with Gasteiger partial charge in [0, 0.05) is 25.3 Å². The van der Waals surface area contributed by atoms with Crippen LogP contribution in [0, 0.1) is 0 Å². The Morgan fingerprint density at radius 1 is 1.33 bits per heavy atom. The van der Waals surface area contributed by atoms with Crippen LogP contribution in [0.2, 0.25) is 0 Å². The summed E-state index contributed by atoms with van der Waals surface area (Å²) in [6.45, 7) is 1.08. The number of aromatic nitrogens is 1. The van der Waals surface area contributed by atoms with Gasteiger partial charge in [-0.3, -0.25) is 4.79 Å². The summed E-state index contributed by atoms with van der Waals surface area (Å²) in [7, 11) is 0. The van der Waals surface area contributed by atoms with Gasteiger partial charge in [-0.15, -0.1) is 0 Å². The summed E-state index contributed by atoms with van der Waals surface area (Å²) in [4.78, 5) is 17.7. The van der Waals surface area contributed by atoms with Crippen molar-refractivity contribution in [2.45, 2.75) is 18.6 Å². The Morgan fingerprint density at radius 3 is 2.71 bits per heavy atom. The van der Waals surface area contributed by atoms with E-state index in [1.54, 1.807) is 12.1 Å². The number of rotatable bonds is 3. The van der Waals surface area contributed by atoms with E-state index < -0.39 is 11.7 Å². The number of furan rings is 1. The predicted octanol–water partition coefficient (Wildman–Crippen LogP) is 3.46. The molecule has 0 saturated carbocycles. The summed E-state index contributed by atoms with van der Waals surface area (Å²) in [6.07, 6.45) is -2.90. The second-order valence-electron chi connectivity index (χ2n) is 5.41. The van der Waals surface area contributed by atoms with Crippen LogP contribution in [-0.2, 0) is 6.18 Å². The van der Waals surface area contributed by atoms with Crippen LogP contribution in [-0.4, -0.2) is 30.0 Å². The van der Waals surface area contributed by atoms with E-state index in [0.717, 1.165) is 12.3 Å². The third-order valence-corrected chi connectivity index (χ3v) is 4.15. The van der Waals surface area contributed by atoms with Crippen molar-refractivity contribution < 1.29 is 22.4 Å². The van der Waals surface area contributed by atoms with Crippen LogP contribution in [0.25, 0.3) is 0 Å². The largest absolute Gasteiger partial charge is 0.444 e. The van der Waals surface area contributed by atoms with E-state index in [-0.39, 0.29) is 17.7 Å². The van der Waals surface area contributed by atoms with Gasteiger partial charge in [-0.05, 0) is 46.6 Å². The molecule has 128 valence electrons. The van der Waals surface area contributed by atoms with Crippen molar-refractivity contribution in [3.8, 4) is 0 Å². The van der Waals surface area contributed by atoms with Crippen molar-refractivity contribution in [1.29, 1.82) is 0 Å². The van der Waals surface area contributed by atoms with E-state index >= 15 is 0 Å². The van der Waals surface area contributed by atoms with E-state index in [1.165, 1.54) is 6.07 Å². The lowest BCUT2D eigenvalue weighted by atomic mass is 10.2. The first kappa shape index (κ1) is 16.8. The minimum Gasteiger partial charge on any atom is -0.444 e. The van der Waals surface area contributed by atoms with Crippen molar-refractivity contribution in [3.63, 3.8) is 0 Å². The van der Waals surface area contributed by atoms with Gasteiger partial charge in [0.2, 0.25) is 0 Å². The molecule has 2 aromatic rings. The molecule has 24 heavy (non-hydrogen) atoms. The highest BCUT2D eigenvalue weighted by atomic mass is 79.9. The summed E-state index contributed by atoms with van der Waals surface area (Å²) in [5, 5.41) is 2.84. The van der Waals surface area contributed by atoms with E-state index in [0.29, 0.717) is 30.0 Å². The molecule has 1 aliphatic rings. The Morgan fingerprint density at radius 2 is 2.12 bits per heavy atom. The lowest BCUT2D eigenvalue weighted by molar-refractivity contribution is -0.137. The monoisotopic (exact) mass is 403 g/mol. The highest BCUT2D eigenvalue weighted by molar-refractivity contribution is 9.10. The molecule has 5 nitrogen and oxygen atoms in total. The molecule has 0 bridgehead atoms. The van der Waals surface area contributed by atoms with Gasteiger partial charge >= 0.3 is 6.18 Å². The average Bonchev–Trinajstić information content (AvgIpc) is 3.16. The number of pyridine rings is 1. The molecule has 0 aliphatic carbocycles. The van der Waals surface area contributed by atoms with Crippen molar-refractivity contribution in [2.75, 3.05) is 18.0 Å². The zero-order valence-corrected chi connectivity index (χ0v) is 13.9. The van der Waals surface area contributed by atoms with Gasteiger partial charge in [0.15, 0.2) is 10.4 Å². The molecule has 0 aromatic carbocycles. The first-order chi connectivity index (χ1) is 11.3. The quantitative estimate of drug-likeness (QED) is 0.852. The van der Waals surface area contributed by atoms with E-state index in [9.17, 15) is 18.0 Å². The number of nitrogens with zero attached hydrogens (tertiary/aromatic N) is 2. The third kappa shape index (κ3) is 3.72. The molecule has 0 spiro atoms. The molecular formula is C15H13BrF3N3O2. The molecule has 1 atom stereocenters. The van der Waals surface area contributed by atoms with Gasteiger partial charge in [0.1, 0.15) is 5.82 Å². The highest BCUT2D eigenvalue weighted by Gasteiger charge is 2.31. The van der Waals surface area contributed by atoms with Crippen molar-refractivity contribution in [2.24, 2.45) is 0 Å². The van der Waals surface area contributed by atoms with E-state index in [2.05, 4.69) is 26.2 Å². The topological polar surface area (TPSA) is 58.4 Å². The lowest BCUT2D eigenvalue weighted by Crippen LogP contribution is -2.37. The highest BCUT2D eigenvalue weighted by Crippen LogP contribution is 2.30. The summed E-state index contributed by atoms with van der Waals surface area (Å²) in [5.74, 6) is 0.335. The average molecular weight is 404 g/mol. The van der Waals surface area contributed by atoms with Crippen LogP contribution in [0.1, 0.15) is 22.5 Å². The molecule has 0 unspecified atom stereocenters. The number of hydrogen-bond acceptors (Lipinski definition) is 4. The van der Waals surface area contributed by atoms with Gasteiger partial charge in [-0.25, -0.2) is 4.98 Å². The fourth-order valence-electron chi connectivity index (χ4n) is 2.52. The number of carbonyl (C=O) groups is 1. The second kappa shape index (κ2) is 6.46. The number of halogens is 4. The molecule has 1 fully saturated rings. The minimum atomic E-state index is -4.40. The van der Waals surface area contributed by atoms with Crippen LogP contribution in [0.5, 0.6) is 0 Å². The van der Waals surface area contributed by atoms with Gasteiger partial charge in [-0.2, -0.15) is 13.2 Å². The third-order valence-electron chi connectivity index (χ3n) is 3.72.